The number of imide groups is 1. The number of carbonyl (C=O) groups is 2. The number of nitrogens with one attached hydrogen (secondary N) is 1. The fourth-order valence-corrected chi connectivity index (χ4v) is 2.69. The van der Waals surface area contributed by atoms with Crippen LogP contribution in [0.2, 0.25) is 0 Å². The summed E-state index contributed by atoms with van der Waals surface area (Å²) in [5, 5.41) is 11.2. The van der Waals surface area contributed by atoms with Crippen LogP contribution in [0, 0.1) is 18.3 Å². The Morgan fingerprint density at radius 3 is 2.72 bits per heavy atom. The number of hydrogen-bond donors (Lipinski definition) is 1. The van der Waals surface area contributed by atoms with Gasteiger partial charge in [0.25, 0.3) is 5.91 Å². The average Bonchev–Trinajstić information content (AvgIpc) is 2.90. The number of hydrogen-bond acceptors (Lipinski definition) is 5. The van der Waals surface area contributed by atoms with E-state index < -0.39 is 12.1 Å². The summed E-state index contributed by atoms with van der Waals surface area (Å²) >= 11 is 0. The minimum Gasteiger partial charge on any atom is -0.439 e. The number of anilines is 1. The van der Waals surface area contributed by atoms with Gasteiger partial charge in [-0.2, -0.15) is 5.26 Å². The lowest BCUT2D eigenvalue weighted by Gasteiger charge is -2.20. The second kappa shape index (κ2) is 6.61. The highest BCUT2D eigenvalue weighted by Gasteiger charge is 2.38. The van der Waals surface area contributed by atoms with Crippen LogP contribution >= 0.6 is 0 Å². The van der Waals surface area contributed by atoms with Crippen molar-refractivity contribution in [1.29, 1.82) is 5.26 Å². The van der Waals surface area contributed by atoms with E-state index in [1.165, 1.54) is 11.1 Å². The van der Waals surface area contributed by atoms with Crippen molar-refractivity contribution in [2.75, 3.05) is 4.90 Å². The second-order valence-electron chi connectivity index (χ2n) is 5.64. The van der Waals surface area contributed by atoms with Crippen molar-refractivity contribution in [2.45, 2.75) is 26.3 Å². The van der Waals surface area contributed by atoms with E-state index in [-0.39, 0.29) is 5.91 Å². The van der Waals surface area contributed by atoms with Crippen molar-refractivity contribution in [3.8, 4) is 17.7 Å². The Balaban J connectivity index is 1.80. The number of carbonyl (C=O) groups excluding carboxylic acids is 2. The zero-order valence-electron chi connectivity index (χ0n) is 13.8. The van der Waals surface area contributed by atoms with Crippen LogP contribution in [0.25, 0.3) is 0 Å². The number of pyridine rings is 1. The molecule has 1 aromatic carbocycles. The minimum atomic E-state index is -0.526. The van der Waals surface area contributed by atoms with Crippen molar-refractivity contribution in [1.82, 2.24) is 10.3 Å². The Morgan fingerprint density at radius 1 is 1.32 bits per heavy atom. The van der Waals surface area contributed by atoms with Gasteiger partial charge in [0.05, 0.1) is 23.5 Å². The van der Waals surface area contributed by atoms with E-state index in [2.05, 4.69) is 16.4 Å². The van der Waals surface area contributed by atoms with Gasteiger partial charge in [0.1, 0.15) is 11.8 Å². The summed E-state index contributed by atoms with van der Waals surface area (Å²) < 4.78 is 5.72. The molecule has 0 radical (unpaired) electrons. The lowest BCUT2D eigenvalue weighted by atomic mass is 10.1. The number of benzene rings is 1. The molecule has 2 heterocycles. The van der Waals surface area contributed by atoms with Gasteiger partial charge in [0.2, 0.25) is 5.88 Å². The summed E-state index contributed by atoms with van der Waals surface area (Å²) in [6.45, 7) is 3.69. The molecule has 1 N–H and O–H groups in total. The molecule has 0 saturated carbocycles. The van der Waals surface area contributed by atoms with Crippen LogP contribution in [0.3, 0.4) is 0 Å². The SMILES string of the molecule is CC[C@@H]1C(=O)NC(=O)N1c1ccc(Oc2ccc(C#N)cc2C)nc1. The molecule has 1 aliphatic rings. The third-order valence-corrected chi connectivity index (χ3v) is 3.97. The Morgan fingerprint density at radius 2 is 2.12 bits per heavy atom. The molecule has 3 rings (SSSR count). The zero-order valence-corrected chi connectivity index (χ0v) is 13.8. The quantitative estimate of drug-likeness (QED) is 0.866. The van der Waals surface area contributed by atoms with E-state index in [9.17, 15) is 9.59 Å². The van der Waals surface area contributed by atoms with Crippen LogP contribution in [-0.2, 0) is 4.79 Å². The summed E-state index contributed by atoms with van der Waals surface area (Å²) in [5.74, 6) is 0.649. The maximum atomic E-state index is 11.9. The first-order valence-electron chi connectivity index (χ1n) is 7.82. The van der Waals surface area contributed by atoms with Crippen LogP contribution in [0.15, 0.2) is 36.5 Å². The number of amides is 3. The molecule has 1 aliphatic heterocycles. The smallest absolute Gasteiger partial charge is 0.329 e. The molecule has 0 aliphatic carbocycles. The summed E-state index contributed by atoms with van der Waals surface area (Å²) in [7, 11) is 0. The van der Waals surface area contributed by atoms with E-state index in [1.54, 1.807) is 30.3 Å². The summed E-state index contributed by atoms with van der Waals surface area (Å²) in [5.41, 5.74) is 1.91. The molecule has 3 amide bonds. The van der Waals surface area contributed by atoms with Gasteiger partial charge in [0.15, 0.2) is 0 Å². The molecule has 0 bridgehead atoms. The van der Waals surface area contributed by atoms with Gasteiger partial charge in [0, 0.05) is 6.07 Å². The van der Waals surface area contributed by atoms with E-state index in [0.29, 0.717) is 29.3 Å². The molecular weight excluding hydrogens is 320 g/mol. The van der Waals surface area contributed by atoms with Gasteiger partial charge in [-0.1, -0.05) is 6.92 Å². The predicted molar refractivity (Wildman–Crippen MR) is 90.3 cm³/mol. The normalized spacial score (nSPS) is 16.5. The molecule has 1 atom stereocenters. The lowest BCUT2D eigenvalue weighted by Crippen LogP contribution is -2.34. The minimum absolute atomic E-state index is 0.305. The maximum absolute atomic E-state index is 11.9. The van der Waals surface area contributed by atoms with E-state index in [4.69, 9.17) is 10.00 Å². The molecule has 126 valence electrons. The molecule has 7 nitrogen and oxygen atoms in total. The van der Waals surface area contributed by atoms with Crippen LogP contribution in [0.5, 0.6) is 11.6 Å². The fourth-order valence-electron chi connectivity index (χ4n) is 2.69. The first kappa shape index (κ1) is 16.5. The average molecular weight is 336 g/mol. The van der Waals surface area contributed by atoms with Gasteiger partial charge in [-0.15, -0.1) is 0 Å². The second-order valence-corrected chi connectivity index (χ2v) is 5.64. The van der Waals surface area contributed by atoms with Crippen LogP contribution in [0.4, 0.5) is 10.5 Å². The number of urea groups is 1. The first-order chi connectivity index (χ1) is 12.0. The summed E-state index contributed by atoms with van der Waals surface area (Å²) in [6, 6.07) is 9.53. The summed E-state index contributed by atoms with van der Waals surface area (Å²) in [4.78, 5) is 29.3. The van der Waals surface area contributed by atoms with Crippen molar-refractivity contribution < 1.29 is 14.3 Å². The Labute approximate surface area is 144 Å². The highest BCUT2D eigenvalue weighted by atomic mass is 16.5. The van der Waals surface area contributed by atoms with E-state index in [1.807, 2.05) is 13.8 Å². The standard InChI is InChI=1S/C18H16N4O3/c1-3-14-17(23)21-18(24)22(14)13-5-7-16(20-10-13)25-15-6-4-12(9-19)8-11(15)2/h4-8,10,14H,3H2,1-2H3,(H,21,23,24)/t14-/m1/s1. The van der Waals surface area contributed by atoms with E-state index >= 15 is 0 Å². The topological polar surface area (TPSA) is 95.3 Å². The predicted octanol–water partition coefficient (Wildman–Crippen LogP) is 2.89. The molecule has 1 fully saturated rings. The molecule has 7 heteroatoms. The van der Waals surface area contributed by atoms with Crippen molar-refractivity contribution in [3.63, 3.8) is 0 Å². The molecule has 1 aromatic heterocycles. The number of aromatic nitrogens is 1. The van der Waals surface area contributed by atoms with Gasteiger partial charge in [-0.3, -0.25) is 15.0 Å². The van der Waals surface area contributed by atoms with Gasteiger partial charge in [-0.25, -0.2) is 9.78 Å². The first-order valence-corrected chi connectivity index (χ1v) is 7.82. The largest absolute Gasteiger partial charge is 0.439 e. The third-order valence-electron chi connectivity index (χ3n) is 3.97. The van der Waals surface area contributed by atoms with Crippen LogP contribution in [0.1, 0.15) is 24.5 Å². The zero-order chi connectivity index (χ0) is 18.0. The monoisotopic (exact) mass is 336 g/mol. The Kier molecular flexibility index (Phi) is 4.35. The van der Waals surface area contributed by atoms with E-state index in [0.717, 1.165) is 5.56 Å². The number of aryl methyl sites for hydroxylation is 1. The lowest BCUT2D eigenvalue weighted by molar-refractivity contribution is -0.119. The molecule has 0 unspecified atom stereocenters. The van der Waals surface area contributed by atoms with Crippen molar-refractivity contribution >= 4 is 17.6 Å². The molecule has 25 heavy (non-hydrogen) atoms. The Bertz CT molecular complexity index is 871. The van der Waals surface area contributed by atoms with Gasteiger partial charge < -0.3 is 4.74 Å². The molecule has 0 spiro atoms. The van der Waals surface area contributed by atoms with Crippen molar-refractivity contribution in [2.24, 2.45) is 0 Å². The van der Waals surface area contributed by atoms with Gasteiger partial charge in [-0.05, 0) is 43.2 Å². The Hall–Kier alpha value is -3.40. The fraction of sp³-hybridized carbons (Fsp3) is 0.222. The molecule has 1 saturated heterocycles. The number of rotatable bonds is 4. The molecule has 2 aromatic rings. The van der Waals surface area contributed by atoms with Gasteiger partial charge >= 0.3 is 6.03 Å². The third kappa shape index (κ3) is 3.15. The highest BCUT2D eigenvalue weighted by Crippen LogP contribution is 2.27. The molecular formula is C18H16N4O3. The van der Waals surface area contributed by atoms with Crippen molar-refractivity contribution in [3.05, 3.63) is 47.7 Å². The maximum Gasteiger partial charge on any atom is 0.329 e. The number of nitrogens with zero attached hydrogens (tertiary/aromatic N) is 3. The number of nitriles is 1. The summed E-state index contributed by atoms with van der Waals surface area (Å²) in [6.07, 6.45) is 2.01. The van der Waals surface area contributed by atoms with Crippen LogP contribution < -0.4 is 15.0 Å². The van der Waals surface area contributed by atoms with Crippen LogP contribution in [-0.4, -0.2) is 23.0 Å². The highest BCUT2D eigenvalue weighted by molar-refractivity contribution is 6.14. The number of ether oxygens (including phenoxy) is 1.